The quantitative estimate of drug-likeness (QED) is 0.792. The van der Waals surface area contributed by atoms with Gasteiger partial charge in [-0.05, 0) is 24.3 Å². The third kappa shape index (κ3) is 1.27. The van der Waals surface area contributed by atoms with E-state index in [1.165, 1.54) is 12.8 Å². The Bertz CT molecular complexity index is 400. The molecule has 0 unspecified atom stereocenters. The molecule has 66 valence electrons. The van der Waals surface area contributed by atoms with Crippen molar-refractivity contribution in [2.24, 2.45) is 0 Å². The third-order valence-electron chi connectivity index (χ3n) is 2.21. The second kappa shape index (κ2) is 2.67. The van der Waals surface area contributed by atoms with Gasteiger partial charge in [0.15, 0.2) is 5.82 Å². The molecule has 13 heavy (non-hydrogen) atoms. The zero-order chi connectivity index (χ0) is 8.67. The van der Waals surface area contributed by atoms with Gasteiger partial charge in [-0.2, -0.15) is 5.10 Å². The maximum Gasteiger partial charge on any atom is 0.191 e. The summed E-state index contributed by atoms with van der Waals surface area (Å²) in [4.78, 5) is 5.60. The normalized spacial score (nSPS) is 16.3. The van der Waals surface area contributed by atoms with E-state index in [1.807, 2.05) is 17.5 Å². The molecule has 2 heterocycles. The van der Waals surface area contributed by atoms with Crippen molar-refractivity contribution < 1.29 is 0 Å². The average molecular weight is 191 g/mol. The van der Waals surface area contributed by atoms with Gasteiger partial charge in [0.1, 0.15) is 5.82 Å². The number of nitrogens with zero attached hydrogens (tertiary/aromatic N) is 2. The number of hydrogen-bond acceptors (Lipinski definition) is 3. The summed E-state index contributed by atoms with van der Waals surface area (Å²) in [5.41, 5.74) is 0. The first kappa shape index (κ1) is 7.26. The van der Waals surface area contributed by atoms with Gasteiger partial charge in [-0.25, -0.2) is 4.98 Å². The highest BCUT2D eigenvalue weighted by atomic mass is 32.1. The van der Waals surface area contributed by atoms with Crippen LogP contribution in [-0.4, -0.2) is 15.2 Å². The number of aromatic amines is 1. The lowest BCUT2D eigenvalue weighted by Gasteiger charge is -1.85. The van der Waals surface area contributed by atoms with E-state index < -0.39 is 0 Å². The molecule has 1 aliphatic rings. The van der Waals surface area contributed by atoms with E-state index in [9.17, 15) is 0 Å². The summed E-state index contributed by atoms with van der Waals surface area (Å²) in [5, 5.41) is 9.24. The maximum absolute atomic E-state index is 4.46. The minimum absolute atomic E-state index is 0.654. The van der Waals surface area contributed by atoms with Crippen LogP contribution in [0.25, 0.3) is 10.7 Å². The first-order valence-electron chi connectivity index (χ1n) is 4.39. The molecule has 4 heteroatoms. The Hall–Kier alpha value is -1.16. The molecule has 0 spiro atoms. The predicted molar refractivity (Wildman–Crippen MR) is 51.7 cm³/mol. The molecule has 2 aromatic rings. The summed E-state index contributed by atoms with van der Waals surface area (Å²) in [6.45, 7) is 0. The molecule has 0 aliphatic heterocycles. The lowest BCUT2D eigenvalue weighted by atomic mass is 10.4. The van der Waals surface area contributed by atoms with E-state index in [0.29, 0.717) is 5.92 Å². The Labute approximate surface area is 79.8 Å². The summed E-state index contributed by atoms with van der Waals surface area (Å²) in [7, 11) is 0. The number of aromatic nitrogens is 3. The fraction of sp³-hybridized carbons (Fsp3) is 0.333. The van der Waals surface area contributed by atoms with Crippen LogP contribution in [0.3, 0.4) is 0 Å². The third-order valence-corrected chi connectivity index (χ3v) is 3.07. The summed E-state index contributed by atoms with van der Waals surface area (Å²) in [6, 6.07) is 4.07. The van der Waals surface area contributed by atoms with Crippen molar-refractivity contribution in [3.05, 3.63) is 23.3 Å². The Morgan fingerprint density at radius 2 is 2.38 bits per heavy atom. The maximum atomic E-state index is 4.46. The van der Waals surface area contributed by atoms with Gasteiger partial charge in [0, 0.05) is 5.92 Å². The van der Waals surface area contributed by atoms with E-state index in [4.69, 9.17) is 0 Å². The molecule has 0 bridgehead atoms. The van der Waals surface area contributed by atoms with Crippen LogP contribution < -0.4 is 0 Å². The smallest absolute Gasteiger partial charge is 0.191 e. The Kier molecular flexibility index (Phi) is 1.49. The van der Waals surface area contributed by atoms with Gasteiger partial charge in [0.2, 0.25) is 0 Å². The number of H-pyrrole nitrogens is 1. The first-order valence-corrected chi connectivity index (χ1v) is 5.27. The molecule has 1 saturated carbocycles. The summed E-state index contributed by atoms with van der Waals surface area (Å²) >= 11 is 1.68. The molecule has 1 N–H and O–H groups in total. The van der Waals surface area contributed by atoms with Crippen LogP contribution in [0.4, 0.5) is 0 Å². The lowest BCUT2D eigenvalue weighted by Crippen LogP contribution is -1.80. The number of thiophene rings is 1. The SMILES string of the molecule is c1csc(-c2n[nH]c(C3CC3)n2)c1. The first-order chi connectivity index (χ1) is 6.43. The summed E-state index contributed by atoms with van der Waals surface area (Å²) in [5.74, 6) is 2.56. The van der Waals surface area contributed by atoms with Gasteiger partial charge in [-0.15, -0.1) is 11.3 Å². The van der Waals surface area contributed by atoms with Crippen LogP contribution in [0.15, 0.2) is 17.5 Å². The molecule has 1 fully saturated rings. The van der Waals surface area contributed by atoms with Crippen LogP contribution in [0.1, 0.15) is 24.6 Å². The summed E-state index contributed by atoms with van der Waals surface area (Å²) < 4.78 is 0. The van der Waals surface area contributed by atoms with Crippen LogP contribution in [0, 0.1) is 0 Å². The minimum Gasteiger partial charge on any atom is -0.262 e. The molecular weight excluding hydrogens is 182 g/mol. The predicted octanol–water partition coefficient (Wildman–Crippen LogP) is 2.41. The Balaban J connectivity index is 1.97. The van der Waals surface area contributed by atoms with Gasteiger partial charge < -0.3 is 0 Å². The molecular formula is C9H9N3S. The molecule has 3 nitrogen and oxygen atoms in total. The second-order valence-electron chi connectivity index (χ2n) is 3.30. The topological polar surface area (TPSA) is 41.6 Å². The van der Waals surface area contributed by atoms with Gasteiger partial charge in [-0.3, -0.25) is 5.10 Å². The van der Waals surface area contributed by atoms with Crippen molar-refractivity contribution >= 4 is 11.3 Å². The number of nitrogens with one attached hydrogen (secondary N) is 1. The standard InChI is InChI=1S/C9H9N3S/c1-2-7(13-5-1)9-10-8(11-12-9)6-3-4-6/h1-2,5-6H,3-4H2,(H,10,11,12). The van der Waals surface area contributed by atoms with Gasteiger partial charge in [-0.1, -0.05) is 6.07 Å². The van der Waals surface area contributed by atoms with Crippen molar-refractivity contribution in [2.45, 2.75) is 18.8 Å². The summed E-state index contributed by atoms with van der Waals surface area (Å²) in [6.07, 6.45) is 2.53. The molecule has 0 radical (unpaired) electrons. The van der Waals surface area contributed by atoms with Crippen molar-refractivity contribution in [1.82, 2.24) is 15.2 Å². The van der Waals surface area contributed by atoms with Crippen molar-refractivity contribution in [3.8, 4) is 10.7 Å². The molecule has 0 saturated heterocycles. The fourth-order valence-electron chi connectivity index (χ4n) is 1.33. The number of hydrogen-bond donors (Lipinski definition) is 1. The average Bonchev–Trinajstić information content (AvgIpc) is 2.72. The zero-order valence-corrected chi connectivity index (χ0v) is 7.84. The highest BCUT2D eigenvalue weighted by Crippen LogP contribution is 2.38. The van der Waals surface area contributed by atoms with E-state index in [0.717, 1.165) is 16.5 Å². The largest absolute Gasteiger partial charge is 0.262 e. The second-order valence-corrected chi connectivity index (χ2v) is 4.24. The van der Waals surface area contributed by atoms with Crippen LogP contribution in [0.2, 0.25) is 0 Å². The van der Waals surface area contributed by atoms with Crippen molar-refractivity contribution in [3.63, 3.8) is 0 Å². The van der Waals surface area contributed by atoms with Gasteiger partial charge in [0.25, 0.3) is 0 Å². The van der Waals surface area contributed by atoms with E-state index in [1.54, 1.807) is 11.3 Å². The Morgan fingerprint density at radius 3 is 3.08 bits per heavy atom. The highest BCUT2D eigenvalue weighted by Gasteiger charge is 2.27. The molecule has 0 amide bonds. The van der Waals surface area contributed by atoms with E-state index in [-0.39, 0.29) is 0 Å². The van der Waals surface area contributed by atoms with Crippen molar-refractivity contribution in [2.75, 3.05) is 0 Å². The molecule has 0 aromatic carbocycles. The molecule has 1 aliphatic carbocycles. The molecule has 3 rings (SSSR count). The van der Waals surface area contributed by atoms with Gasteiger partial charge in [0.05, 0.1) is 4.88 Å². The Morgan fingerprint density at radius 1 is 1.46 bits per heavy atom. The molecule has 0 atom stereocenters. The van der Waals surface area contributed by atoms with Crippen LogP contribution in [0.5, 0.6) is 0 Å². The number of rotatable bonds is 2. The van der Waals surface area contributed by atoms with Crippen LogP contribution in [-0.2, 0) is 0 Å². The lowest BCUT2D eigenvalue weighted by molar-refractivity contribution is 0.935. The minimum atomic E-state index is 0.654. The molecule has 2 aromatic heterocycles. The monoisotopic (exact) mass is 191 g/mol. The van der Waals surface area contributed by atoms with E-state index in [2.05, 4.69) is 15.2 Å². The van der Waals surface area contributed by atoms with E-state index >= 15 is 0 Å². The fourth-order valence-corrected chi connectivity index (χ4v) is 1.99. The van der Waals surface area contributed by atoms with Gasteiger partial charge >= 0.3 is 0 Å². The van der Waals surface area contributed by atoms with Crippen LogP contribution >= 0.6 is 11.3 Å². The zero-order valence-electron chi connectivity index (χ0n) is 7.03. The highest BCUT2D eigenvalue weighted by molar-refractivity contribution is 7.13. The van der Waals surface area contributed by atoms with Crippen molar-refractivity contribution in [1.29, 1.82) is 0 Å².